The summed E-state index contributed by atoms with van der Waals surface area (Å²) < 4.78 is 51.0. The lowest BCUT2D eigenvalue weighted by molar-refractivity contribution is -0.140. The van der Waals surface area contributed by atoms with Gasteiger partial charge in [-0.3, -0.25) is 9.78 Å². The second kappa shape index (κ2) is 5.63. The molecule has 0 aliphatic rings. The number of carbonyl (C=O) groups excluding carboxylic acids is 1. The lowest BCUT2D eigenvalue weighted by Gasteiger charge is -2.09. The molecule has 21 heavy (non-hydrogen) atoms. The molecule has 0 bridgehead atoms. The Balaban J connectivity index is 2.26. The number of nitrogens with zero attached hydrogens (tertiary/aromatic N) is 1. The highest BCUT2D eigenvalue weighted by Gasteiger charge is 2.34. The van der Waals surface area contributed by atoms with E-state index in [0.29, 0.717) is 11.8 Å². The van der Waals surface area contributed by atoms with Crippen LogP contribution in [0.25, 0.3) is 0 Å². The van der Waals surface area contributed by atoms with E-state index in [2.05, 4.69) is 4.98 Å². The number of halogens is 4. The first-order valence-corrected chi connectivity index (χ1v) is 6.10. The first kappa shape index (κ1) is 15.2. The molecule has 0 saturated heterocycles. The molecule has 0 spiro atoms. The maximum atomic E-state index is 13.2. The molecule has 110 valence electrons. The maximum Gasteiger partial charge on any atom is 0.419 e. The lowest BCUT2D eigenvalue weighted by Crippen LogP contribution is -2.11. The minimum Gasteiger partial charge on any atom is -0.292 e. The molecule has 0 unspecified atom stereocenters. The molecule has 2 rings (SSSR count). The van der Waals surface area contributed by atoms with E-state index in [0.717, 1.165) is 12.1 Å². The molecule has 1 aromatic heterocycles. The fraction of sp³-hybridized carbons (Fsp3) is 0.200. The van der Waals surface area contributed by atoms with Crippen LogP contribution in [0.2, 0.25) is 0 Å². The first-order valence-electron chi connectivity index (χ1n) is 6.10. The molecule has 2 nitrogen and oxygen atoms in total. The van der Waals surface area contributed by atoms with Crippen molar-refractivity contribution in [1.82, 2.24) is 4.98 Å². The van der Waals surface area contributed by atoms with Gasteiger partial charge in [0.2, 0.25) is 0 Å². The zero-order valence-corrected chi connectivity index (χ0v) is 11.0. The number of hydrogen-bond acceptors (Lipinski definition) is 2. The number of Topliss-reactive ketones (excluding diaryl/α,β-unsaturated/α-hetero) is 1. The van der Waals surface area contributed by atoms with Gasteiger partial charge in [-0.15, -0.1) is 0 Å². The highest BCUT2D eigenvalue weighted by molar-refractivity contribution is 5.95. The molecule has 0 radical (unpaired) electrons. The minimum atomic E-state index is -4.79. The third kappa shape index (κ3) is 3.65. The molecule has 0 aliphatic heterocycles. The topological polar surface area (TPSA) is 30.0 Å². The Morgan fingerprint density at radius 2 is 1.90 bits per heavy atom. The maximum absolute atomic E-state index is 13.2. The number of rotatable bonds is 3. The van der Waals surface area contributed by atoms with Crippen LogP contribution in [0.1, 0.15) is 27.3 Å². The minimum absolute atomic E-state index is 0.0945. The van der Waals surface area contributed by atoms with Crippen LogP contribution in [0.4, 0.5) is 17.6 Å². The van der Waals surface area contributed by atoms with E-state index in [1.165, 1.54) is 6.07 Å². The van der Waals surface area contributed by atoms with Crippen molar-refractivity contribution < 1.29 is 22.4 Å². The zero-order valence-electron chi connectivity index (χ0n) is 11.0. The number of hydrogen-bond donors (Lipinski definition) is 0. The molecule has 0 fully saturated rings. The Bertz CT molecular complexity index is 680. The van der Waals surface area contributed by atoms with Crippen LogP contribution >= 0.6 is 0 Å². The standard InChI is InChI=1S/C15H11F4NO/c1-9-3-2-4-13(20-9)14(21)8-10-5-6-12(16)11(7-10)15(17,18)19/h2-7H,8H2,1H3. The lowest BCUT2D eigenvalue weighted by atomic mass is 10.0. The van der Waals surface area contributed by atoms with Gasteiger partial charge in [0.25, 0.3) is 0 Å². The Morgan fingerprint density at radius 3 is 2.52 bits per heavy atom. The van der Waals surface area contributed by atoms with Crippen molar-refractivity contribution in [3.63, 3.8) is 0 Å². The third-order valence-electron chi connectivity index (χ3n) is 2.87. The van der Waals surface area contributed by atoms with E-state index in [1.807, 2.05) is 0 Å². The van der Waals surface area contributed by atoms with Gasteiger partial charge in [-0.25, -0.2) is 4.39 Å². The van der Waals surface area contributed by atoms with Crippen LogP contribution in [0.3, 0.4) is 0 Å². The average Bonchev–Trinajstić information content (AvgIpc) is 2.39. The van der Waals surface area contributed by atoms with Crippen molar-refractivity contribution in [2.75, 3.05) is 0 Å². The van der Waals surface area contributed by atoms with E-state index in [4.69, 9.17) is 0 Å². The number of ketones is 1. The van der Waals surface area contributed by atoms with Crippen molar-refractivity contribution in [2.45, 2.75) is 19.5 Å². The number of aryl methyl sites for hydroxylation is 1. The van der Waals surface area contributed by atoms with Gasteiger partial charge in [-0.2, -0.15) is 13.2 Å². The molecule has 0 aliphatic carbocycles. The smallest absolute Gasteiger partial charge is 0.292 e. The number of pyridine rings is 1. The van der Waals surface area contributed by atoms with Crippen molar-refractivity contribution in [2.24, 2.45) is 0 Å². The monoisotopic (exact) mass is 297 g/mol. The van der Waals surface area contributed by atoms with Gasteiger partial charge in [-0.1, -0.05) is 12.1 Å². The van der Waals surface area contributed by atoms with Crippen molar-refractivity contribution >= 4 is 5.78 Å². The summed E-state index contributed by atoms with van der Waals surface area (Å²) in [6.45, 7) is 1.70. The number of alkyl halides is 3. The molecule has 0 N–H and O–H groups in total. The predicted octanol–water partition coefficient (Wildman–Crippen LogP) is 3.97. The van der Waals surface area contributed by atoms with E-state index in [-0.39, 0.29) is 17.7 Å². The van der Waals surface area contributed by atoms with Gasteiger partial charge in [0.05, 0.1) is 5.56 Å². The van der Waals surface area contributed by atoms with E-state index in [9.17, 15) is 22.4 Å². The van der Waals surface area contributed by atoms with Crippen LogP contribution in [-0.4, -0.2) is 10.8 Å². The number of carbonyl (C=O) groups is 1. The Kier molecular flexibility index (Phi) is 4.06. The van der Waals surface area contributed by atoms with Gasteiger partial charge in [0.15, 0.2) is 5.78 Å². The average molecular weight is 297 g/mol. The first-order chi connectivity index (χ1) is 9.77. The zero-order chi connectivity index (χ0) is 15.6. The van der Waals surface area contributed by atoms with E-state index in [1.54, 1.807) is 19.1 Å². The Morgan fingerprint density at radius 1 is 1.19 bits per heavy atom. The van der Waals surface area contributed by atoms with E-state index >= 15 is 0 Å². The molecule has 2 aromatic rings. The highest BCUT2D eigenvalue weighted by atomic mass is 19.4. The van der Waals surface area contributed by atoms with Gasteiger partial charge in [-0.05, 0) is 36.8 Å². The second-order valence-electron chi connectivity index (χ2n) is 4.58. The summed E-state index contributed by atoms with van der Waals surface area (Å²) >= 11 is 0. The fourth-order valence-electron chi connectivity index (χ4n) is 1.87. The fourth-order valence-corrected chi connectivity index (χ4v) is 1.87. The van der Waals surface area contributed by atoms with Gasteiger partial charge < -0.3 is 0 Å². The van der Waals surface area contributed by atoms with Crippen LogP contribution in [-0.2, 0) is 12.6 Å². The number of aromatic nitrogens is 1. The summed E-state index contributed by atoms with van der Waals surface area (Å²) in [5, 5.41) is 0. The molecular formula is C15H11F4NO. The second-order valence-corrected chi connectivity index (χ2v) is 4.58. The summed E-state index contributed by atoms with van der Waals surface area (Å²) in [6.07, 6.45) is -5.05. The summed E-state index contributed by atoms with van der Waals surface area (Å²) in [7, 11) is 0. The van der Waals surface area contributed by atoms with Crippen molar-refractivity contribution in [1.29, 1.82) is 0 Å². The van der Waals surface area contributed by atoms with Crippen molar-refractivity contribution in [3.05, 3.63) is 64.7 Å². The Hall–Kier alpha value is -2.24. The van der Waals surface area contributed by atoms with Gasteiger partial charge >= 0.3 is 6.18 Å². The van der Waals surface area contributed by atoms with Crippen LogP contribution < -0.4 is 0 Å². The van der Waals surface area contributed by atoms with Gasteiger partial charge in [0, 0.05) is 12.1 Å². The predicted molar refractivity (Wildman–Crippen MR) is 68.4 cm³/mol. The molecule has 1 aromatic carbocycles. The van der Waals surface area contributed by atoms with E-state index < -0.39 is 23.3 Å². The third-order valence-corrected chi connectivity index (χ3v) is 2.87. The van der Waals surface area contributed by atoms with Crippen LogP contribution in [0.5, 0.6) is 0 Å². The molecule has 0 saturated carbocycles. The normalized spacial score (nSPS) is 11.5. The highest BCUT2D eigenvalue weighted by Crippen LogP contribution is 2.32. The van der Waals surface area contributed by atoms with Crippen LogP contribution in [0.15, 0.2) is 36.4 Å². The molecule has 6 heteroatoms. The number of benzene rings is 1. The Labute approximate surface area is 118 Å². The largest absolute Gasteiger partial charge is 0.419 e. The summed E-state index contributed by atoms with van der Waals surface area (Å²) in [4.78, 5) is 16.0. The summed E-state index contributed by atoms with van der Waals surface area (Å²) in [5.74, 6) is -1.77. The molecule has 0 atom stereocenters. The summed E-state index contributed by atoms with van der Waals surface area (Å²) in [6, 6.07) is 7.37. The quantitative estimate of drug-likeness (QED) is 0.633. The summed E-state index contributed by atoms with van der Waals surface area (Å²) in [5.41, 5.74) is -0.467. The van der Waals surface area contributed by atoms with Gasteiger partial charge in [0.1, 0.15) is 11.5 Å². The molecule has 1 heterocycles. The molecule has 0 amide bonds. The van der Waals surface area contributed by atoms with Crippen LogP contribution in [0, 0.1) is 12.7 Å². The molecular weight excluding hydrogens is 286 g/mol. The van der Waals surface area contributed by atoms with Crippen molar-refractivity contribution in [3.8, 4) is 0 Å². The SMILES string of the molecule is Cc1cccc(C(=O)Cc2ccc(F)c(C(F)(F)F)c2)n1.